The van der Waals surface area contributed by atoms with Crippen LogP contribution >= 0.6 is 0 Å². The van der Waals surface area contributed by atoms with Crippen LogP contribution < -0.4 is 16.1 Å². The van der Waals surface area contributed by atoms with Gasteiger partial charge in [-0.3, -0.25) is 9.59 Å². The first kappa shape index (κ1) is 22.3. The highest BCUT2D eigenvalue weighted by Crippen LogP contribution is 2.25. The van der Waals surface area contributed by atoms with E-state index in [1.165, 1.54) is 18.0 Å². The number of aromatic amines is 1. The van der Waals surface area contributed by atoms with Crippen LogP contribution in [-0.4, -0.2) is 74.5 Å². The molecule has 5 rings (SSSR count). The van der Waals surface area contributed by atoms with Gasteiger partial charge in [-0.2, -0.15) is 0 Å². The third-order valence-electron chi connectivity index (χ3n) is 5.98. The molecule has 0 atom stereocenters. The van der Waals surface area contributed by atoms with Gasteiger partial charge in [-0.25, -0.2) is 19.9 Å². The van der Waals surface area contributed by atoms with Gasteiger partial charge in [0.15, 0.2) is 5.82 Å². The SMILES string of the molecule is C/C(=N\O)c1ncc(F)c2c(C(=O)C(=O)N3CCN(C4=NNNN4c4ccccc4)CC3)c[nH]c12. The van der Waals surface area contributed by atoms with Crippen molar-refractivity contribution in [1.29, 1.82) is 0 Å². The van der Waals surface area contributed by atoms with Crippen molar-refractivity contribution in [3.05, 3.63) is 59.8 Å². The number of nitrogens with zero attached hydrogens (tertiary/aromatic N) is 6. The monoisotopic (exact) mass is 479 g/mol. The number of carbonyl (C=O) groups excluding carboxylic acids is 2. The van der Waals surface area contributed by atoms with Gasteiger partial charge in [-0.05, 0) is 19.1 Å². The van der Waals surface area contributed by atoms with Crippen molar-refractivity contribution in [2.45, 2.75) is 6.92 Å². The number of pyridine rings is 1. The van der Waals surface area contributed by atoms with Gasteiger partial charge in [-0.1, -0.05) is 23.4 Å². The topological polar surface area (TPSA) is 142 Å². The number of fused-ring (bicyclic) bond motifs is 1. The molecule has 35 heavy (non-hydrogen) atoms. The van der Waals surface area contributed by atoms with Gasteiger partial charge in [0.25, 0.3) is 11.7 Å². The number of H-pyrrole nitrogens is 1. The third-order valence-corrected chi connectivity index (χ3v) is 5.98. The number of hydrogen-bond acceptors (Lipinski definition) is 10. The molecule has 0 aliphatic carbocycles. The number of aromatic nitrogens is 2. The Bertz CT molecular complexity index is 1350. The number of para-hydroxylation sites is 1. The van der Waals surface area contributed by atoms with Crippen molar-refractivity contribution in [2.75, 3.05) is 31.2 Å². The summed E-state index contributed by atoms with van der Waals surface area (Å²) in [4.78, 5) is 36.2. The number of hydrazone groups is 1. The van der Waals surface area contributed by atoms with Crippen LogP contribution in [0.2, 0.25) is 0 Å². The van der Waals surface area contributed by atoms with Gasteiger partial charge >= 0.3 is 0 Å². The second kappa shape index (κ2) is 9.02. The van der Waals surface area contributed by atoms with Crippen LogP contribution in [0.15, 0.2) is 53.0 Å². The van der Waals surface area contributed by atoms with Gasteiger partial charge in [0.1, 0.15) is 11.4 Å². The average Bonchev–Trinajstić information content (AvgIpc) is 3.57. The second-order valence-corrected chi connectivity index (χ2v) is 8.01. The van der Waals surface area contributed by atoms with Crippen molar-refractivity contribution in [3.63, 3.8) is 0 Å². The van der Waals surface area contributed by atoms with Crippen LogP contribution in [0.3, 0.4) is 0 Å². The van der Waals surface area contributed by atoms with Crippen LogP contribution in [0, 0.1) is 5.82 Å². The molecule has 1 fully saturated rings. The molecule has 12 nitrogen and oxygen atoms in total. The van der Waals surface area contributed by atoms with E-state index in [2.05, 4.69) is 31.3 Å². The molecule has 0 bridgehead atoms. The zero-order chi connectivity index (χ0) is 24.5. The molecule has 1 amide bonds. The van der Waals surface area contributed by atoms with Crippen molar-refractivity contribution >= 4 is 40.0 Å². The number of anilines is 1. The molecule has 0 saturated carbocycles. The molecule has 0 unspecified atom stereocenters. The zero-order valence-corrected chi connectivity index (χ0v) is 18.7. The van der Waals surface area contributed by atoms with Gasteiger partial charge in [0.2, 0.25) is 5.96 Å². The first-order chi connectivity index (χ1) is 17.0. The number of amides is 1. The van der Waals surface area contributed by atoms with Crippen LogP contribution in [0.4, 0.5) is 10.1 Å². The molecular weight excluding hydrogens is 457 g/mol. The minimum absolute atomic E-state index is 0.0639. The number of oxime groups is 1. The normalized spacial score (nSPS) is 16.5. The number of ketones is 1. The lowest BCUT2D eigenvalue weighted by Crippen LogP contribution is -2.56. The maximum atomic E-state index is 14.6. The highest BCUT2D eigenvalue weighted by molar-refractivity contribution is 6.45. The number of hydrogen-bond donors (Lipinski definition) is 4. The van der Waals surface area contributed by atoms with Crippen molar-refractivity contribution in [2.24, 2.45) is 10.3 Å². The number of nitrogens with one attached hydrogen (secondary N) is 3. The Kier molecular flexibility index (Phi) is 5.74. The Hall–Kier alpha value is -4.52. The van der Waals surface area contributed by atoms with E-state index in [9.17, 15) is 14.0 Å². The number of Topliss-reactive ketones (excluding diaryl/α,β-unsaturated/α-hetero) is 1. The van der Waals surface area contributed by atoms with Gasteiger partial charge in [-0.15, -0.1) is 10.6 Å². The number of piperazine rings is 1. The molecule has 0 spiro atoms. The van der Waals surface area contributed by atoms with Gasteiger partial charge < -0.3 is 20.0 Å². The Morgan fingerprint density at radius 1 is 1.14 bits per heavy atom. The van der Waals surface area contributed by atoms with Crippen LogP contribution in [0.25, 0.3) is 10.9 Å². The fourth-order valence-electron chi connectivity index (χ4n) is 4.17. The molecule has 2 aromatic heterocycles. The van der Waals surface area contributed by atoms with E-state index in [1.54, 1.807) is 5.01 Å². The summed E-state index contributed by atoms with van der Waals surface area (Å²) in [6.07, 6.45) is 2.21. The summed E-state index contributed by atoms with van der Waals surface area (Å²) in [6, 6.07) is 9.62. The molecular formula is C22H22FN9O3. The predicted molar refractivity (Wildman–Crippen MR) is 125 cm³/mol. The van der Waals surface area contributed by atoms with E-state index >= 15 is 0 Å². The number of benzene rings is 1. The fraction of sp³-hybridized carbons (Fsp3) is 0.227. The molecule has 2 aliphatic heterocycles. The molecule has 0 radical (unpaired) electrons. The van der Waals surface area contributed by atoms with Crippen LogP contribution in [-0.2, 0) is 4.79 Å². The summed E-state index contributed by atoms with van der Waals surface area (Å²) in [5.41, 5.74) is 7.02. The number of halogens is 1. The molecule has 4 heterocycles. The molecule has 13 heteroatoms. The van der Waals surface area contributed by atoms with E-state index in [0.717, 1.165) is 11.9 Å². The van der Waals surface area contributed by atoms with E-state index in [4.69, 9.17) is 5.21 Å². The minimum Gasteiger partial charge on any atom is -0.411 e. The van der Waals surface area contributed by atoms with Crippen molar-refractivity contribution in [3.8, 4) is 0 Å². The average molecular weight is 479 g/mol. The molecule has 4 N–H and O–H groups in total. The minimum atomic E-state index is -0.827. The van der Waals surface area contributed by atoms with Crippen LogP contribution in [0.5, 0.6) is 0 Å². The lowest BCUT2D eigenvalue weighted by Gasteiger charge is -2.37. The maximum absolute atomic E-state index is 14.6. The Balaban J connectivity index is 1.30. The van der Waals surface area contributed by atoms with E-state index < -0.39 is 17.5 Å². The summed E-state index contributed by atoms with van der Waals surface area (Å²) in [5, 5.41) is 18.2. The van der Waals surface area contributed by atoms with E-state index in [1.807, 2.05) is 35.2 Å². The summed E-state index contributed by atoms with van der Waals surface area (Å²) < 4.78 is 14.6. The summed E-state index contributed by atoms with van der Waals surface area (Å²) in [5.74, 6) is -1.65. The quantitative estimate of drug-likeness (QED) is 0.143. The molecule has 3 aromatic rings. The first-order valence-electron chi connectivity index (χ1n) is 10.9. The highest BCUT2D eigenvalue weighted by Gasteiger charge is 2.33. The molecule has 1 aromatic carbocycles. The first-order valence-corrected chi connectivity index (χ1v) is 10.9. The zero-order valence-electron chi connectivity index (χ0n) is 18.7. The van der Waals surface area contributed by atoms with Crippen molar-refractivity contribution < 1.29 is 19.2 Å². The summed E-state index contributed by atoms with van der Waals surface area (Å²) >= 11 is 0. The van der Waals surface area contributed by atoms with E-state index in [0.29, 0.717) is 32.1 Å². The number of carbonyl (C=O) groups is 2. The van der Waals surface area contributed by atoms with E-state index in [-0.39, 0.29) is 27.9 Å². The Morgan fingerprint density at radius 3 is 2.60 bits per heavy atom. The lowest BCUT2D eigenvalue weighted by atomic mass is 10.1. The van der Waals surface area contributed by atoms with Gasteiger partial charge in [0.05, 0.1) is 28.4 Å². The largest absolute Gasteiger partial charge is 0.411 e. The summed E-state index contributed by atoms with van der Waals surface area (Å²) in [7, 11) is 0. The summed E-state index contributed by atoms with van der Waals surface area (Å²) in [6.45, 7) is 2.98. The molecule has 180 valence electrons. The smallest absolute Gasteiger partial charge is 0.295 e. The van der Waals surface area contributed by atoms with Crippen molar-refractivity contribution in [1.82, 2.24) is 30.8 Å². The molecule has 1 saturated heterocycles. The second-order valence-electron chi connectivity index (χ2n) is 8.01. The number of guanidine groups is 1. The number of rotatable bonds is 4. The predicted octanol–water partition coefficient (Wildman–Crippen LogP) is 1.03. The van der Waals surface area contributed by atoms with Crippen LogP contribution in [0.1, 0.15) is 23.0 Å². The third kappa shape index (κ3) is 3.91. The maximum Gasteiger partial charge on any atom is 0.295 e. The number of hydrazine groups is 2. The standard InChI is InChI=1S/C22H22FN9O3/c1-13(27-35)18-19-17(16(23)12-25-18)15(11-24-19)20(33)21(34)30-7-9-31(10-8-30)22-26-28-29-32(22)14-5-3-2-4-6-14/h2-6,11-12,24,28-29,35H,7-10H2,1H3/b27-13+. The fourth-order valence-corrected chi connectivity index (χ4v) is 4.17. The lowest BCUT2D eigenvalue weighted by molar-refractivity contribution is -0.127. The highest BCUT2D eigenvalue weighted by atomic mass is 19.1. The molecule has 2 aliphatic rings. The Labute approximate surface area is 198 Å². The van der Waals surface area contributed by atoms with Gasteiger partial charge in [0, 0.05) is 32.4 Å². The Morgan fingerprint density at radius 2 is 1.89 bits per heavy atom.